The fourth-order valence-corrected chi connectivity index (χ4v) is 2.47. The summed E-state index contributed by atoms with van der Waals surface area (Å²) >= 11 is 0. The number of benzene rings is 2. The molecule has 0 fully saturated rings. The van der Waals surface area contributed by atoms with Crippen molar-refractivity contribution in [2.45, 2.75) is 6.92 Å². The molecule has 3 aromatic rings. The summed E-state index contributed by atoms with van der Waals surface area (Å²) in [7, 11) is 1.54. The normalized spacial score (nSPS) is 10.3. The highest BCUT2D eigenvalue weighted by atomic mass is 16.5. The van der Waals surface area contributed by atoms with Crippen molar-refractivity contribution < 1.29 is 9.53 Å². The van der Waals surface area contributed by atoms with Crippen LogP contribution in [-0.2, 0) is 4.79 Å². The lowest BCUT2D eigenvalue weighted by Gasteiger charge is -2.12. The SMILES string of the molecule is COc1ccc(-c2nnc(N)nc2-c2ccccc2)cc1NC(C)=O. The molecule has 1 heterocycles. The van der Waals surface area contributed by atoms with E-state index in [4.69, 9.17) is 10.5 Å². The van der Waals surface area contributed by atoms with E-state index in [1.165, 1.54) is 6.92 Å². The van der Waals surface area contributed by atoms with Gasteiger partial charge < -0.3 is 15.8 Å². The minimum absolute atomic E-state index is 0.0956. The second-order valence-electron chi connectivity index (χ2n) is 5.33. The molecule has 25 heavy (non-hydrogen) atoms. The third kappa shape index (κ3) is 3.55. The summed E-state index contributed by atoms with van der Waals surface area (Å²) in [6.45, 7) is 1.44. The number of nitrogen functional groups attached to an aromatic ring is 1. The number of hydrogen-bond acceptors (Lipinski definition) is 6. The standard InChI is InChI=1S/C18H17N5O2/c1-11(24)20-14-10-13(8-9-15(14)25-2)17-16(21-18(19)23-22-17)12-6-4-3-5-7-12/h3-10H,1-2H3,(H,20,24)(H2,19,21,23). The summed E-state index contributed by atoms with van der Waals surface area (Å²) in [6, 6.07) is 14.9. The molecule has 0 aliphatic carbocycles. The minimum atomic E-state index is -0.194. The first-order valence-electron chi connectivity index (χ1n) is 7.60. The van der Waals surface area contributed by atoms with Gasteiger partial charge in [-0.2, -0.15) is 0 Å². The summed E-state index contributed by atoms with van der Waals surface area (Å²) < 4.78 is 5.28. The van der Waals surface area contributed by atoms with Crippen molar-refractivity contribution in [1.29, 1.82) is 0 Å². The second-order valence-corrected chi connectivity index (χ2v) is 5.33. The molecule has 3 N–H and O–H groups in total. The molecule has 0 saturated heterocycles. The van der Waals surface area contributed by atoms with E-state index in [1.54, 1.807) is 19.2 Å². The molecule has 0 saturated carbocycles. The summed E-state index contributed by atoms with van der Waals surface area (Å²) in [6.07, 6.45) is 0. The van der Waals surface area contributed by atoms with Crippen molar-refractivity contribution in [3.63, 3.8) is 0 Å². The summed E-state index contributed by atoms with van der Waals surface area (Å²) in [4.78, 5) is 15.8. The van der Waals surface area contributed by atoms with Gasteiger partial charge in [-0.3, -0.25) is 4.79 Å². The van der Waals surface area contributed by atoms with Crippen LogP contribution in [0.3, 0.4) is 0 Å². The van der Waals surface area contributed by atoms with Crippen LogP contribution >= 0.6 is 0 Å². The average molecular weight is 335 g/mol. The van der Waals surface area contributed by atoms with Crippen molar-refractivity contribution >= 4 is 17.5 Å². The van der Waals surface area contributed by atoms with Gasteiger partial charge in [0.1, 0.15) is 17.1 Å². The quantitative estimate of drug-likeness (QED) is 0.760. The van der Waals surface area contributed by atoms with Gasteiger partial charge in [-0.25, -0.2) is 4.98 Å². The van der Waals surface area contributed by atoms with Gasteiger partial charge in [0, 0.05) is 18.1 Å². The number of carbonyl (C=O) groups excluding carboxylic acids is 1. The van der Waals surface area contributed by atoms with E-state index in [1.807, 2.05) is 36.4 Å². The van der Waals surface area contributed by atoms with Crippen molar-refractivity contribution in [1.82, 2.24) is 15.2 Å². The first-order chi connectivity index (χ1) is 12.1. The molecule has 0 atom stereocenters. The third-order valence-corrected chi connectivity index (χ3v) is 3.53. The Kier molecular flexibility index (Phi) is 4.56. The predicted octanol–water partition coefficient (Wildman–Crippen LogP) is 2.75. The number of amides is 1. The maximum atomic E-state index is 11.4. The number of anilines is 2. The van der Waals surface area contributed by atoms with E-state index < -0.39 is 0 Å². The van der Waals surface area contributed by atoms with Crippen LogP contribution in [0.2, 0.25) is 0 Å². The maximum Gasteiger partial charge on any atom is 0.240 e. The molecule has 0 aliphatic heterocycles. The number of carbonyl (C=O) groups is 1. The molecule has 0 bridgehead atoms. The molecule has 3 rings (SSSR count). The Morgan fingerprint density at radius 3 is 2.48 bits per heavy atom. The lowest BCUT2D eigenvalue weighted by Crippen LogP contribution is -2.08. The molecule has 1 aromatic heterocycles. The number of nitrogens with zero attached hydrogens (tertiary/aromatic N) is 3. The second kappa shape index (κ2) is 6.96. The first kappa shape index (κ1) is 16.4. The van der Waals surface area contributed by atoms with Gasteiger partial charge in [0.15, 0.2) is 0 Å². The molecule has 0 spiro atoms. The maximum absolute atomic E-state index is 11.4. The highest BCUT2D eigenvalue weighted by molar-refractivity contribution is 5.92. The zero-order chi connectivity index (χ0) is 17.8. The van der Waals surface area contributed by atoms with Gasteiger partial charge in [-0.1, -0.05) is 30.3 Å². The number of aromatic nitrogens is 3. The summed E-state index contributed by atoms with van der Waals surface area (Å²) in [5.74, 6) is 0.454. The molecule has 126 valence electrons. The fourth-order valence-electron chi connectivity index (χ4n) is 2.47. The van der Waals surface area contributed by atoms with Crippen LogP contribution in [0, 0.1) is 0 Å². The lowest BCUT2D eigenvalue weighted by atomic mass is 10.0. The largest absolute Gasteiger partial charge is 0.495 e. The van der Waals surface area contributed by atoms with Crippen LogP contribution < -0.4 is 15.8 Å². The van der Waals surface area contributed by atoms with Crippen LogP contribution in [0.15, 0.2) is 48.5 Å². The third-order valence-electron chi connectivity index (χ3n) is 3.53. The Bertz CT molecular complexity index is 913. The molecule has 2 aromatic carbocycles. The molecular weight excluding hydrogens is 318 g/mol. The fraction of sp³-hybridized carbons (Fsp3) is 0.111. The van der Waals surface area contributed by atoms with Gasteiger partial charge in [0.05, 0.1) is 12.8 Å². The van der Waals surface area contributed by atoms with Crippen molar-refractivity contribution in [3.8, 4) is 28.3 Å². The molecule has 0 aliphatic rings. The zero-order valence-electron chi connectivity index (χ0n) is 13.9. The van der Waals surface area contributed by atoms with Crippen molar-refractivity contribution in [2.24, 2.45) is 0 Å². The molecule has 0 unspecified atom stereocenters. The Morgan fingerprint density at radius 2 is 1.80 bits per heavy atom. The van der Waals surface area contributed by atoms with E-state index in [-0.39, 0.29) is 11.9 Å². The van der Waals surface area contributed by atoms with Gasteiger partial charge in [-0.05, 0) is 18.2 Å². The minimum Gasteiger partial charge on any atom is -0.495 e. The number of nitrogens with two attached hydrogens (primary N) is 1. The highest BCUT2D eigenvalue weighted by Crippen LogP contribution is 2.33. The van der Waals surface area contributed by atoms with Gasteiger partial charge in [0.2, 0.25) is 11.9 Å². The Labute approximate surface area is 144 Å². The number of methoxy groups -OCH3 is 1. The van der Waals surface area contributed by atoms with E-state index in [0.717, 1.165) is 11.1 Å². The Hall–Kier alpha value is -3.48. The van der Waals surface area contributed by atoms with Crippen LogP contribution in [0.4, 0.5) is 11.6 Å². The van der Waals surface area contributed by atoms with E-state index >= 15 is 0 Å². The molecular formula is C18H17N5O2. The average Bonchev–Trinajstić information content (AvgIpc) is 2.62. The number of nitrogens with one attached hydrogen (secondary N) is 1. The van der Waals surface area contributed by atoms with Crippen molar-refractivity contribution in [3.05, 3.63) is 48.5 Å². The van der Waals surface area contributed by atoms with Gasteiger partial charge in [-0.15, -0.1) is 10.2 Å². The first-order valence-corrected chi connectivity index (χ1v) is 7.60. The molecule has 7 heteroatoms. The smallest absolute Gasteiger partial charge is 0.240 e. The van der Waals surface area contributed by atoms with Gasteiger partial charge in [0.25, 0.3) is 0 Å². The molecule has 7 nitrogen and oxygen atoms in total. The molecule has 1 amide bonds. The van der Waals surface area contributed by atoms with Crippen LogP contribution in [0.5, 0.6) is 5.75 Å². The van der Waals surface area contributed by atoms with E-state index in [2.05, 4.69) is 20.5 Å². The Balaban J connectivity index is 2.15. The number of hydrogen-bond donors (Lipinski definition) is 2. The van der Waals surface area contributed by atoms with Crippen LogP contribution in [-0.4, -0.2) is 28.2 Å². The Morgan fingerprint density at radius 1 is 1.04 bits per heavy atom. The van der Waals surface area contributed by atoms with Gasteiger partial charge >= 0.3 is 0 Å². The van der Waals surface area contributed by atoms with Crippen LogP contribution in [0.25, 0.3) is 22.5 Å². The topological polar surface area (TPSA) is 103 Å². The van der Waals surface area contributed by atoms with E-state index in [0.29, 0.717) is 22.8 Å². The lowest BCUT2D eigenvalue weighted by molar-refractivity contribution is -0.114. The highest BCUT2D eigenvalue weighted by Gasteiger charge is 2.15. The summed E-state index contributed by atoms with van der Waals surface area (Å²) in [5.41, 5.74) is 9.06. The number of rotatable bonds is 4. The number of ether oxygens (including phenoxy) is 1. The predicted molar refractivity (Wildman–Crippen MR) is 96.0 cm³/mol. The van der Waals surface area contributed by atoms with Crippen LogP contribution in [0.1, 0.15) is 6.92 Å². The van der Waals surface area contributed by atoms with Crippen molar-refractivity contribution in [2.75, 3.05) is 18.2 Å². The summed E-state index contributed by atoms with van der Waals surface area (Å²) in [5, 5.41) is 10.8. The zero-order valence-corrected chi connectivity index (χ0v) is 13.9. The monoisotopic (exact) mass is 335 g/mol. The molecule has 0 radical (unpaired) electrons. The van der Waals surface area contributed by atoms with E-state index in [9.17, 15) is 4.79 Å².